The van der Waals surface area contributed by atoms with Crippen molar-refractivity contribution in [2.75, 3.05) is 7.11 Å². The van der Waals surface area contributed by atoms with Crippen molar-refractivity contribution in [2.45, 2.75) is 12.5 Å². The summed E-state index contributed by atoms with van der Waals surface area (Å²) < 4.78 is 4.49. The highest BCUT2D eigenvalue weighted by molar-refractivity contribution is 6.30. The Morgan fingerprint density at radius 3 is 2.93 bits per heavy atom. The van der Waals surface area contributed by atoms with Crippen molar-refractivity contribution in [1.82, 2.24) is 4.98 Å². The van der Waals surface area contributed by atoms with Crippen LogP contribution in [0.1, 0.15) is 18.2 Å². The maximum absolute atomic E-state index is 10.9. The number of nitrogens with zero attached hydrogens (tertiary/aromatic N) is 1. The van der Waals surface area contributed by atoms with E-state index in [1.807, 2.05) is 0 Å². The molecular formula is C9H11ClN2O2. The topological polar surface area (TPSA) is 65.2 Å². The molecule has 0 aliphatic rings. The predicted octanol–water partition coefficient (Wildman–Crippen LogP) is 1.30. The summed E-state index contributed by atoms with van der Waals surface area (Å²) in [6.07, 6.45) is 1.61. The van der Waals surface area contributed by atoms with E-state index < -0.39 is 6.04 Å². The van der Waals surface area contributed by atoms with Crippen molar-refractivity contribution in [3.05, 3.63) is 29.0 Å². The maximum Gasteiger partial charge on any atom is 0.307 e. The fourth-order valence-electron chi connectivity index (χ4n) is 0.974. The molecule has 0 saturated heterocycles. The lowest BCUT2D eigenvalue weighted by Gasteiger charge is -2.08. The summed E-state index contributed by atoms with van der Waals surface area (Å²) in [4.78, 5) is 14.9. The molecular weight excluding hydrogens is 204 g/mol. The van der Waals surface area contributed by atoms with E-state index in [2.05, 4.69) is 9.72 Å². The molecule has 1 heterocycles. The molecule has 1 aromatic rings. The quantitative estimate of drug-likeness (QED) is 0.771. The van der Waals surface area contributed by atoms with Crippen LogP contribution in [0.5, 0.6) is 0 Å². The lowest BCUT2D eigenvalue weighted by molar-refractivity contribution is -0.141. The zero-order chi connectivity index (χ0) is 10.6. The average Bonchev–Trinajstić information content (AvgIpc) is 2.18. The van der Waals surface area contributed by atoms with Crippen LogP contribution in [-0.4, -0.2) is 18.1 Å². The molecule has 0 amide bonds. The Labute approximate surface area is 87.0 Å². The number of halogens is 1. The molecule has 2 N–H and O–H groups in total. The third kappa shape index (κ3) is 2.97. The second-order valence-corrected chi connectivity index (χ2v) is 3.22. The average molecular weight is 215 g/mol. The zero-order valence-electron chi connectivity index (χ0n) is 7.74. The number of ether oxygens (including phenoxy) is 1. The molecule has 76 valence electrons. The number of hydrogen-bond donors (Lipinski definition) is 1. The van der Waals surface area contributed by atoms with Gasteiger partial charge in [-0.1, -0.05) is 11.6 Å². The van der Waals surface area contributed by atoms with Crippen LogP contribution in [0.4, 0.5) is 0 Å². The van der Waals surface area contributed by atoms with Gasteiger partial charge in [-0.3, -0.25) is 9.78 Å². The number of carbonyl (C=O) groups excluding carboxylic acids is 1. The second kappa shape index (κ2) is 4.93. The van der Waals surface area contributed by atoms with Gasteiger partial charge in [0, 0.05) is 6.20 Å². The van der Waals surface area contributed by atoms with Crippen LogP contribution in [0.25, 0.3) is 0 Å². The van der Waals surface area contributed by atoms with E-state index in [1.165, 1.54) is 13.3 Å². The fourth-order valence-corrected chi connectivity index (χ4v) is 1.09. The molecule has 0 spiro atoms. The Balaban J connectivity index is 2.65. The molecule has 1 unspecified atom stereocenters. The molecule has 0 radical (unpaired) electrons. The summed E-state index contributed by atoms with van der Waals surface area (Å²) in [6.45, 7) is 0. The Kier molecular flexibility index (Phi) is 3.85. The fraction of sp³-hybridized carbons (Fsp3) is 0.333. The van der Waals surface area contributed by atoms with Crippen molar-refractivity contribution < 1.29 is 9.53 Å². The van der Waals surface area contributed by atoms with Gasteiger partial charge in [0.15, 0.2) is 0 Å². The summed E-state index contributed by atoms with van der Waals surface area (Å²) >= 11 is 5.65. The molecule has 0 aliphatic carbocycles. The molecule has 0 saturated carbocycles. The Hall–Kier alpha value is -1.13. The number of pyridine rings is 1. The Morgan fingerprint density at radius 1 is 1.71 bits per heavy atom. The van der Waals surface area contributed by atoms with Gasteiger partial charge in [0.1, 0.15) is 0 Å². The van der Waals surface area contributed by atoms with Crippen molar-refractivity contribution in [3.63, 3.8) is 0 Å². The van der Waals surface area contributed by atoms with Crippen molar-refractivity contribution >= 4 is 17.6 Å². The molecule has 14 heavy (non-hydrogen) atoms. The largest absolute Gasteiger partial charge is 0.469 e. The van der Waals surface area contributed by atoms with Gasteiger partial charge in [-0.2, -0.15) is 0 Å². The van der Waals surface area contributed by atoms with Crippen LogP contribution in [0.3, 0.4) is 0 Å². The van der Waals surface area contributed by atoms with Gasteiger partial charge in [-0.25, -0.2) is 0 Å². The number of rotatable bonds is 3. The van der Waals surface area contributed by atoms with E-state index in [4.69, 9.17) is 17.3 Å². The van der Waals surface area contributed by atoms with E-state index in [1.54, 1.807) is 12.1 Å². The van der Waals surface area contributed by atoms with Gasteiger partial charge in [-0.05, 0) is 12.1 Å². The standard InChI is InChI=1S/C9H11ClN2O2/c1-14-9(13)4-7(11)8-3-2-6(10)5-12-8/h2-3,5,7H,4,11H2,1H3. The number of carbonyl (C=O) groups is 1. The summed E-state index contributed by atoms with van der Waals surface area (Å²) in [5.41, 5.74) is 6.34. The number of hydrogen-bond acceptors (Lipinski definition) is 4. The van der Waals surface area contributed by atoms with Gasteiger partial charge in [-0.15, -0.1) is 0 Å². The molecule has 1 aromatic heterocycles. The summed E-state index contributed by atoms with van der Waals surface area (Å²) in [7, 11) is 1.32. The minimum Gasteiger partial charge on any atom is -0.469 e. The number of esters is 1. The molecule has 5 heteroatoms. The smallest absolute Gasteiger partial charge is 0.307 e. The van der Waals surface area contributed by atoms with Crippen LogP contribution >= 0.6 is 11.6 Å². The number of methoxy groups -OCH3 is 1. The molecule has 1 rings (SSSR count). The normalized spacial score (nSPS) is 12.2. The summed E-state index contributed by atoms with van der Waals surface area (Å²) in [5.74, 6) is -0.353. The molecule has 0 bridgehead atoms. The van der Waals surface area contributed by atoms with Crippen LogP contribution in [-0.2, 0) is 9.53 Å². The molecule has 0 aromatic carbocycles. The number of nitrogens with two attached hydrogens (primary N) is 1. The Bertz CT molecular complexity index is 313. The summed E-state index contributed by atoms with van der Waals surface area (Å²) in [5, 5.41) is 0.541. The lowest BCUT2D eigenvalue weighted by atomic mass is 10.1. The minimum atomic E-state index is -0.445. The third-order valence-corrected chi connectivity index (χ3v) is 1.97. The Morgan fingerprint density at radius 2 is 2.43 bits per heavy atom. The van der Waals surface area contributed by atoms with Crippen molar-refractivity contribution in [3.8, 4) is 0 Å². The first kappa shape index (κ1) is 10.9. The first-order valence-electron chi connectivity index (χ1n) is 4.07. The van der Waals surface area contributed by atoms with Crippen LogP contribution in [0.2, 0.25) is 5.02 Å². The van der Waals surface area contributed by atoms with E-state index in [9.17, 15) is 4.79 Å². The maximum atomic E-state index is 10.9. The van der Waals surface area contributed by atoms with Gasteiger partial charge < -0.3 is 10.5 Å². The second-order valence-electron chi connectivity index (χ2n) is 2.79. The minimum absolute atomic E-state index is 0.116. The molecule has 0 fully saturated rings. The summed E-state index contributed by atoms with van der Waals surface area (Å²) in [6, 6.07) is 2.93. The third-order valence-electron chi connectivity index (χ3n) is 1.74. The van der Waals surface area contributed by atoms with Crippen LogP contribution in [0, 0.1) is 0 Å². The molecule has 4 nitrogen and oxygen atoms in total. The van der Waals surface area contributed by atoms with E-state index in [0.717, 1.165) is 0 Å². The van der Waals surface area contributed by atoms with Crippen molar-refractivity contribution in [2.24, 2.45) is 5.73 Å². The highest BCUT2D eigenvalue weighted by Gasteiger charge is 2.12. The van der Waals surface area contributed by atoms with Crippen LogP contribution < -0.4 is 5.73 Å². The van der Waals surface area contributed by atoms with Gasteiger partial charge in [0.25, 0.3) is 0 Å². The van der Waals surface area contributed by atoms with E-state index in [-0.39, 0.29) is 12.4 Å². The monoisotopic (exact) mass is 214 g/mol. The van der Waals surface area contributed by atoms with Gasteiger partial charge in [0.05, 0.1) is 30.3 Å². The van der Waals surface area contributed by atoms with Crippen LogP contribution in [0.15, 0.2) is 18.3 Å². The zero-order valence-corrected chi connectivity index (χ0v) is 8.49. The predicted molar refractivity (Wildman–Crippen MR) is 52.8 cm³/mol. The highest BCUT2D eigenvalue weighted by atomic mass is 35.5. The first-order chi connectivity index (χ1) is 6.63. The van der Waals surface area contributed by atoms with E-state index >= 15 is 0 Å². The van der Waals surface area contributed by atoms with Crippen molar-refractivity contribution in [1.29, 1.82) is 0 Å². The van der Waals surface area contributed by atoms with Gasteiger partial charge in [0.2, 0.25) is 0 Å². The first-order valence-corrected chi connectivity index (χ1v) is 4.45. The lowest BCUT2D eigenvalue weighted by Crippen LogP contribution is -2.17. The highest BCUT2D eigenvalue weighted by Crippen LogP contribution is 2.14. The van der Waals surface area contributed by atoms with E-state index in [0.29, 0.717) is 10.7 Å². The van der Waals surface area contributed by atoms with Gasteiger partial charge >= 0.3 is 5.97 Å². The molecule has 0 aliphatic heterocycles. The molecule has 1 atom stereocenters. The number of aromatic nitrogens is 1. The SMILES string of the molecule is COC(=O)CC(N)c1ccc(Cl)cn1.